The Labute approximate surface area is 102 Å². The Morgan fingerprint density at radius 3 is 2.41 bits per heavy atom. The summed E-state index contributed by atoms with van der Waals surface area (Å²) in [5.74, 6) is -0.787. The van der Waals surface area contributed by atoms with E-state index in [4.69, 9.17) is 5.73 Å². The number of amides is 2. The molecule has 98 valence electrons. The van der Waals surface area contributed by atoms with Crippen molar-refractivity contribution in [3.8, 4) is 0 Å². The minimum atomic E-state index is -0.782. The van der Waals surface area contributed by atoms with Crippen molar-refractivity contribution in [1.29, 1.82) is 0 Å². The maximum atomic E-state index is 11.4. The van der Waals surface area contributed by atoms with Gasteiger partial charge in [-0.05, 0) is 6.42 Å². The Balaban J connectivity index is 3.68. The molecule has 0 radical (unpaired) electrons. The van der Waals surface area contributed by atoms with Gasteiger partial charge < -0.3 is 15.8 Å². The number of hydrogen-bond donors (Lipinski definition) is 2. The second kappa shape index (κ2) is 9.81. The molecular formula is C12H22N2O3. The summed E-state index contributed by atoms with van der Waals surface area (Å²) in [7, 11) is 0. The van der Waals surface area contributed by atoms with Gasteiger partial charge in [0.25, 0.3) is 0 Å². The van der Waals surface area contributed by atoms with Gasteiger partial charge >= 0.3 is 0 Å². The van der Waals surface area contributed by atoms with Crippen LogP contribution in [0.5, 0.6) is 0 Å². The Morgan fingerprint density at radius 1 is 1.24 bits per heavy atom. The van der Waals surface area contributed by atoms with Crippen LogP contribution < -0.4 is 11.1 Å². The number of carbonyl (C=O) groups excluding carboxylic acids is 3. The SMILES string of the molecule is CCCCCCCC(=O)NC(C=O)CC(N)=O. The van der Waals surface area contributed by atoms with Crippen molar-refractivity contribution >= 4 is 18.1 Å². The van der Waals surface area contributed by atoms with Gasteiger partial charge in [-0.15, -0.1) is 0 Å². The first-order valence-corrected chi connectivity index (χ1v) is 6.13. The molecule has 5 nitrogen and oxygen atoms in total. The van der Waals surface area contributed by atoms with Gasteiger partial charge in [0, 0.05) is 6.42 Å². The van der Waals surface area contributed by atoms with Crippen LogP contribution in [0.15, 0.2) is 0 Å². The third kappa shape index (κ3) is 9.53. The Morgan fingerprint density at radius 2 is 1.88 bits per heavy atom. The lowest BCUT2D eigenvalue weighted by Crippen LogP contribution is -2.38. The first-order valence-electron chi connectivity index (χ1n) is 6.13. The van der Waals surface area contributed by atoms with Crippen LogP contribution in [0.3, 0.4) is 0 Å². The van der Waals surface area contributed by atoms with Crippen LogP contribution in [0.4, 0.5) is 0 Å². The van der Waals surface area contributed by atoms with Crippen LogP contribution in [0.1, 0.15) is 51.9 Å². The molecule has 1 unspecified atom stereocenters. The predicted octanol–water partition coefficient (Wildman–Crippen LogP) is 0.906. The second-order valence-corrected chi connectivity index (χ2v) is 4.14. The van der Waals surface area contributed by atoms with Gasteiger partial charge in [0.2, 0.25) is 11.8 Å². The van der Waals surface area contributed by atoms with Crippen molar-refractivity contribution in [1.82, 2.24) is 5.32 Å². The van der Waals surface area contributed by atoms with Gasteiger partial charge in [0.05, 0.1) is 12.5 Å². The summed E-state index contributed by atoms with van der Waals surface area (Å²) < 4.78 is 0. The van der Waals surface area contributed by atoms with Crippen LogP contribution in [0, 0.1) is 0 Å². The van der Waals surface area contributed by atoms with Gasteiger partial charge in [-0.3, -0.25) is 9.59 Å². The van der Waals surface area contributed by atoms with Crippen molar-refractivity contribution in [3.05, 3.63) is 0 Å². The topological polar surface area (TPSA) is 89.3 Å². The largest absolute Gasteiger partial charge is 0.370 e. The number of nitrogens with two attached hydrogens (primary N) is 1. The molecule has 0 saturated heterocycles. The van der Waals surface area contributed by atoms with Crippen LogP contribution in [-0.4, -0.2) is 24.1 Å². The predicted molar refractivity (Wildman–Crippen MR) is 65.2 cm³/mol. The fourth-order valence-corrected chi connectivity index (χ4v) is 1.52. The molecule has 0 aromatic heterocycles. The maximum absolute atomic E-state index is 11.4. The summed E-state index contributed by atoms with van der Waals surface area (Å²) in [6.45, 7) is 2.13. The fourth-order valence-electron chi connectivity index (χ4n) is 1.52. The van der Waals surface area contributed by atoms with E-state index in [1.165, 1.54) is 6.42 Å². The van der Waals surface area contributed by atoms with E-state index in [1.807, 2.05) is 0 Å². The van der Waals surface area contributed by atoms with E-state index in [0.717, 1.165) is 25.7 Å². The Bertz CT molecular complexity index is 254. The Kier molecular flexibility index (Phi) is 9.01. The van der Waals surface area contributed by atoms with Crippen molar-refractivity contribution < 1.29 is 14.4 Å². The zero-order valence-electron chi connectivity index (χ0n) is 10.4. The molecule has 2 amide bonds. The zero-order chi connectivity index (χ0) is 13.1. The molecule has 0 bridgehead atoms. The molecule has 0 saturated carbocycles. The summed E-state index contributed by atoms with van der Waals surface area (Å²) in [6.07, 6.45) is 6.11. The minimum absolute atomic E-state index is 0.134. The minimum Gasteiger partial charge on any atom is -0.370 e. The van der Waals surface area contributed by atoms with E-state index in [2.05, 4.69) is 12.2 Å². The van der Waals surface area contributed by atoms with Crippen molar-refractivity contribution in [3.63, 3.8) is 0 Å². The van der Waals surface area contributed by atoms with E-state index in [9.17, 15) is 14.4 Å². The van der Waals surface area contributed by atoms with E-state index in [-0.39, 0.29) is 12.3 Å². The Hall–Kier alpha value is -1.39. The van der Waals surface area contributed by atoms with Gasteiger partial charge in [0.1, 0.15) is 6.29 Å². The zero-order valence-corrected chi connectivity index (χ0v) is 10.4. The van der Waals surface area contributed by atoms with Crippen molar-refractivity contribution in [2.75, 3.05) is 0 Å². The second-order valence-electron chi connectivity index (χ2n) is 4.14. The van der Waals surface area contributed by atoms with Gasteiger partial charge in [-0.2, -0.15) is 0 Å². The van der Waals surface area contributed by atoms with Crippen LogP contribution in [0.2, 0.25) is 0 Å². The third-order valence-electron chi connectivity index (χ3n) is 2.44. The van der Waals surface area contributed by atoms with Crippen molar-refractivity contribution in [2.45, 2.75) is 57.9 Å². The number of unbranched alkanes of at least 4 members (excludes halogenated alkanes) is 4. The summed E-state index contributed by atoms with van der Waals surface area (Å²) in [5, 5.41) is 2.48. The van der Waals surface area contributed by atoms with Gasteiger partial charge in [-0.1, -0.05) is 32.6 Å². The molecule has 0 aliphatic rings. The number of hydrogen-bond acceptors (Lipinski definition) is 3. The lowest BCUT2D eigenvalue weighted by molar-refractivity contribution is -0.125. The van der Waals surface area contributed by atoms with Gasteiger partial charge in [-0.25, -0.2) is 0 Å². The van der Waals surface area contributed by atoms with E-state index < -0.39 is 11.9 Å². The van der Waals surface area contributed by atoms with E-state index in [0.29, 0.717) is 12.7 Å². The molecule has 0 spiro atoms. The lowest BCUT2D eigenvalue weighted by atomic mass is 10.1. The standard InChI is InChI=1S/C12H22N2O3/c1-2-3-4-5-6-7-12(17)14-10(9-15)8-11(13)16/h9-10H,2-8H2,1H3,(H2,13,16)(H,14,17). The van der Waals surface area contributed by atoms with Crippen LogP contribution in [-0.2, 0) is 14.4 Å². The normalized spacial score (nSPS) is 11.8. The highest BCUT2D eigenvalue weighted by Crippen LogP contribution is 2.04. The molecule has 0 rings (SSSR count). The average molecular weight is 242 g/mol. The number of carbonyl (C=O) groups is 3. The number of primary amides is 1. The quantitative estimate of drug-likeness (QED) is 0.440. The number of rotatable bonds is 10. The molecule has 0 aromatic rings. The molecule has 0 aliphatic heterocycles. The first kappa shape index (κ1) is 15.6. The van der Waals surface area contributed by atoms with E-state index >= 15 is 0 Å². The molecule has 0 aliphatic carbocycles. The molecule has 1 atom stereocenters. The van der Waals surface area contributed by atoms with Crippen LogP contribution in [0.25, 0.3) is 0 Å². The highest BCUT2D eigenvalue weighted by Gasteiger charge is 2.13. The summed E-state index contributed by atoms with van der Waals surface area (Å²) >= 11 is 0. The third-order valence-corrected chi connectivity index (χ3v) is 2.44. The van der Waals surface area contributed by atoms with Crippen LogP contribution >= 0.6 is 0 Å². The molecule has 0 heterocycles. The smallest absolute Gasteiger partial charge is 0.220 e. The van der Waals surface area contributed by atoms with Gasteiger partial charge in [0.15, 0.2) is 0 Å². The monoisotopic (exact) mass is 242 g/mol. The average Bonchev–Trinajstić information content (AvgIpc) is 2.27. The van der Waals surface area contributed by atoms with Crippen molar-refractivity contribution in [2.24, 2.45) is 5.73 Å². The number of aldehydes is 1. The molecule has 5 heteroatoms. The molecular weight excluding hydrogens is 220 g/mol. The lowest BCUT2D eigenvalue weighted by Gasteiger charge is -2.10. The molecule has 0 aromatic carbocycles. The number of nitrogens with one attached hydrogen (secondary N) is 1. The summed E-state index contributed by atoms with van der Waals surface area (Å²) in [4.78, 5) is 32.6. The summed E-state index contributed by atoms with van der Waals surface area (Å²) in [5.41, 5.74) is 4.95. The molecule has 0 fully saturated rings. The summed E-state index contributed by atoms with van der Waals surface area (Å²) in [6, 6.07) is -0.782. The maximum Gasteiger partial charge on any atom is 0.220 e. The van der Waals surface area contributed by atoms with E-state index in [1.54, 1.807) is 0 Å². The molecule has 3 N–H and O–H groups in total. The highest BCUT2D eigenvalue weighted by atomic mass is 16.2. The first-order chi connectivity index (χ1) is 8.10. The fraction of sp³-hybridized carbons (Fsp3) is 0.750. The molecule has 17 heavy (non-hydrogen) atoms. The highest BCUT2D eigenvalue weighted by molar-refractivity contribution is 5.83.